The summed E-state index contributed by atoms with van der Waals surface area (Å²) in [6, 6.07) is 10.2. The first-order chi connectivity index (χ1) is 9.56. The lowest BCUT2D eigenvalue weighted by atomic mass is 10.1. The van der Waals surface area contributed by atoms with Gasteiger partial charge < -0.3 is 4.74 Å². The van der Waals surface area contributed by atoms with Gasteiger partial charge in [0.2, 0.25) is 0 Å². The van der Waals surface area contributed by atoms with Gasteiger partial charge in [0.1, 0.15) is 12.4 Å². The summed E-state index contributed by atoms with van der Waals surface area (Å²) >= 11 is 3.19. The van der Waals surface area contributed by atoms with E-state index in [1.165, 1.54) is 30.3 Å². The van der Waals surface area contributed by atoms with Crippen LogP contribution in [0.4, 0.5) is 8.78 Å². The van der Waals surface area contributed by atoms with E-state index >= 15 is 0 Å². The van der Waals surface area contributed by atoms with Crippen molar-refractivity contribution in [3.8, 4) is 5.75 Å². The van der Waals surface area contributed by atoms with Gasteiger partial charge in [-0.15, -0.1) is 0 Å². The predicted molar refractivity (Wildman–Crippen MR) is 74.7 cm³/mol. The molecule has 2 nitrogen and oxygen atoms in total. The highest BCUT2D eigenvalue weighted by Crippen LogP contribution is 2.22. The fraction of sp³-hybridized carbons (Fsp3) is 0.133. The summed E-state index contributed by atoms with van der Waals surface area (Å²) in [5, 5.41) is 0. The second kappa shape index (κ2) is 6.61. The second-order valence-corrected chi connectivity index (χ2v) is 5.09. The molecule has 0 saturated heterocycles. The monoisotopic (exact) mass is 340 g/mol. The number of carbonyl (C=O) groups is 1. The van der Waals surface area contributed by atoms with Crippen LogP contribution in [0.25, 0.3) is 0 Å². The molecule has 0 aliphatic heterocycles. The zero-order chi connectivity index (χ0) is 14.5. The Kier molecular flexibility index (Phi) is 4.84. The van der Waals surface area contributed by atoms with Gasteiger partial charge in [0.05, 0.1) is 0 Å². The van der Waals surface area contributed by atoms with Crippen molar-refractivity contribution in [2.24, 2.45) is 0 Å². The maximum Gasteiger partial charge on any atom is 0.174 e. The number of benzene rings is 2. The molecular weight excluding hydrogens is 330 g/mol. The van der Waals surface area contributed by atoms with Crippen LogP contribution >= 0.6 is 15.9 Å². The SMILES string of the molecule is O=C(COc1cc(Br)ccc1F)Cc1ccccc1F. The number of hydrogen-bond donors (Lipinski definition) is 0. The number of rotatable bonds is 5. The lowest BCUT2D eigenvalue weighted by molar-refractivity contribution is -0.120. The molecule has 0 bridgehead atoms. The van der Waals surface area contributed by atoms with E-state index in [1.54, 1.807) is 12.1 Å². The van der Waals surface area contributed by atoms with Gasteiger partial charge in [0.15, 0.2) is 17.3 Å². The fourth-order valence-electron chi connectivity index (χ4n) is 1.65. The minimum Gasteiger partial charge on any atom is -0.483 e. The molecule has 0 spiro atoms. The van der Waals surface area contributed by atoms with E-state index in [9.17, 15) is 13.6 Å². The normalized spacial score (nSPS) is 10.3. The van der Waals surface area contributed by atoms with Crippen molar-refractivity contribution in [1.29, 1.82) is 0 Å². The summed E-state index contributed by atoms with van der Waals surface area (Å²) in [6.07, 6.45) is -0.0811. The Bertz CT molecular complexity index is 629. The summed E-state index contributed by atoms with van der Waals surface area (Å²) in [6.45, 7) is -0.304. The molecule has 0 amide bonds. The van der Waals surface area contributed by atoms with Gasteiger partial charge >= 0.3 is 0 Å². The van der Waals surface area contributed by atoms with Crippen LogP contribution in [0.2, 0.25) is 0 Å². The van der Waals surface area contributed by atoms with Crippen molar-refractivity contribution in [3.05, 3.63) is 64.1 Å². The molecule has 0 N–H and O–H groups in total. The van der Waals surface area contributed by atoms with Gasteiger partial charge in [-0.25, -0.2) is 8.78 Å². The molecule has 0 aliphatic carbocycles. The molecule has 0 saturated carbocycles. The number of ketones is 1. The molecule has 2 rings (SSSR count). The lowest BCUT2D eigenvalue weighted by Gasteiger charge is -2.07. The second-order valence-electron chi connectivity index (χ2n) is 4.17. The van der Waals surface area contributed by atoms with Crippen LogP contribution in [0.3, 0.4) is 0 Å². The van der Waals surface area contributed by atoms with Crippen LogP contribution in [0, 0.1) is 11.6 Å². The van der Waals surface area contributed by atoms with E-state index in [4.69, 9.17) is 4.74 Å². The van der Waals surface area contributed by atoms with Gasteiger partial charge in [-0.1, -0.05) is 34.1 Å². The van der Waals surface area contributed by atoms with Crippen LogP contribution in [0.15, 0.2) is 46.9 Å². The molecule has 0 atom stereocenters. The number of hydrogen-bond acceptors (Lipinski definition) is 2. The van der Waals surface area contributed by atoms with Gasteiger partial charge in [0.25, 0.3) is 0 Å². The average Bonchev–Trinajstić information content (AvgIpc) is 2.42. The van der Waals surface area contributed by atoms with Crippen molar-refractivity contribution < 1.29 is 18.3 Å². The average molecular weight is 341 g/mol. The molecule has 0 fully saturated rings. The third-order valence-electron chi connectivity index (χ3n) is 2.63. The Hall–Kier alpha value is -1.75. The molecule has 2 aromatic carbocycles. The minimum atomic E-state index is -0.549. The Morgan fingerprint density at radius 2 is 1.85 bits per heavy atom. The third kappa shape index (κ3) is 3.87. The highest BCUT2D eigenvalue weighted by molar-refractivity contribution is 9.10. The molecule has 0 aromatic heterocycles. The highest BCUT2D eigenvalue weighted by Gasteiger charge is 2.10. The number of Topliss-reactive ketones (excluding diaryl/α,β-unsaturated/α-hetero) is 1. The maximum absolute atomic E-state index is 13.4. The van der Waals surface area contributed by atoms with E-state index < -0.39 is 11.6 Å². The molecule has 0 aliphatic rings. The van der Waals surface area contributed by atoms with E-state index in [0.717, 1.165) is 0 Å². The lowest BCUT2D eigenvalue weighted by Crippen LogP contribution is -2.15. The predicted octanol–water partition coefficient (Wildman–Crippen LogP) is 3.92. The highest BCUT2D eigenvalue weighted by atomic mass is 79.9. The number of ether oxygens (including phenoxy) is 1. The standard InChI is InChI=1S/C15H11BrF2O2/c16-11-5-6-14(18)15(8-11)20-9-12(19)7-10-3-1-2-4-13(10)17/h1-6,8H,7,9H2. The van der Waals surface area contributed by atoms with Crippen LogP contribution in [-0.4, -0.2) is 12.4 Å². The molecular formula is C15H11BrF2O2. The van der Waals surface area contributed by atoms with E-state index in [1.807, 2.05) is 0 Å². The molecule has 20 heavy (non-hydrogen) atoms. The summed E-state index contributed by atoms with van der Waals surface area (Å²) in [4.78, 5) is 11.7. The molecule has 0 unspecified atom stereocenters. The minimum absolute atomic E-state index is 0.0127. The smallest absolute Gasteiger partial charge is 0.174 e. The summed E-state index contributed by atoms with van der Waals surface area (Å²) < 4.78 is 32.5. The van der Waals surface area contributed by atoms with Gasteiger partial charge in [-0.2, -0.15) is 0 Å². The zero-order valence-electron chi connectivity index (χ0n) is 10.4. The molecule has 0 radical (unpaired) electrons. The van der Waals surface area contributed by atoms with E-state index in [2.05, 4.69) is 15.9 Å². The number of carbonyl (C=O) groups excluding carboxylic acids is 1. The topological polar surface area (TPSA) is 26.3 Å². The van der Waals surface area contributed by atoms with Crippen LogP contribution in [0.1, 0.15) is 5.56 Å². The van der Waals surface area contributed by atoms with Gasteiger partial charge in [-0.3, -0.25) is 4.79 Å². The largest absolute Gasteiger partial charge is 0.483 e. The van der Waals surface area contributed by atoms with Crippen LogP contribution in [-0.2, 0) is 11.2 Å². The molecule has 0 heterocycles. The van der Waals surface area contributed by atoms with Crippen molar-refractivity contribution >= 4 is 21.7 Å². The van der Waals surface area contributed by atoms with Crippen molar-refractivity contribution in [2.75, 3.05) is 6.61 Å². The van der Waals surface area contributed by atoms with E-state index in [-0.39, 0.29) is 24.6 Å². The van der Waals surface area contributed by atoms with Crippen molar-refractivity contribution in [1.82, 2.24) is 0 Å². The molecule has 2 aromatic rings. The summed E-state index contributed by atoms with van der Waals surface area (Å²) in [5.74, 6) is -1.32. The summed E-state index contributed by atoms with van der Waals surface area (Å²) in [7, 11) is 0. The maximum atomic E-state index is 13.4. The molecule has 5 heteroatoms. The first-order valence-corrected chi connectivity index (χ1v) is 6.68. The number of halogens is 3. The van der Waals surface area contributed by atoms with Crippen molar-refractivity contribution in [3.63, 3.8) is 0 Å². The van der Waals surface area contributed by atoms with Crippen LogP contribution in [0.5, 0.6) is 5.75 Å². The Morgan fingerprint density at radius 1 is 1.10 bits per heavy atom. The first kappa shape index (κ1) is 14.7. The van der Waals surface area contributed by atoms with Crippen LogP contribution < -0.4 is 4.74 Å². The Balaban J connectivity index is 1.96. The Labute approximate surface area is 123 Å². The van der Waals surface area contributed by atoms with Crippen molar-refractivity contribution in [2.45, 2.75) is 6.42 Å². The third-order valence-corrected chi connectivity index (χ3v) is 3.12. The van der Waals surface area contributed by atoms with Gasteiger partial charge in [-0.05, 0) is 29.8 Å². The first-order valence-electron chi connectivity index (χ1n) is 5.89. The summed E-state index contributed by atoms with van der Waals surface area (Å²) in [5.41, 5.74) is 0.302. The van der Waals surface area contributed by atoms with Gasteiger partial charge in [0, 0.05) is 10.9 Å². The van der Waals surface area contributed by atoms with E-state index in [0.29, 0.717) is 10.0 Å². The fourth-order valence-corrected chi connectivity index (χ4v) is 1.99. The molecule has 104 valence electrons. The quantitative estimate of drug-likeness (QED) is 0.824. The Morgan fingerprint density at radius 3 is 2.60 bits per heavy atom. The zero-order valence-corrected chi connectivity index (χ0v) is 12.0.